The number of ether oxygens (including phenoxy) is 3. The van der Waals surface area contributed by atoms with Crippen molar-refractivity contribution in [3.05, 3.63) is 30.3 Å². The van der Waals surface area contributed by atoms with Crippen molar-refractivity contribution in [2.75, 3.05) is 32.5 Å². The van der Waals surface area contributed by atoms with Gasteiger partial charge in [-0.25, -0.2) is 4.98 Å². The molecule has 0 bridgehead atoms. The van der Waals surface area contributed by atoms with Crippen LogP contribution in [-0.4, -0.2) is 38.1 Å². The first-order chi connectivity index (χ1) is 12.6. The van der Waals surface area contributed by atoms with Gasteiger partial charge < -0.3 is 23.9 Å². The molecule has 1 aromatic heterocycles. The smallest absolute Gasteiger partial charge is 0.239 e. The number of amides is 1. The summed E-state index contributed by atoms with van der Waals surface area (Å²) in [6, 6.07) is 8.67. The number of halogens is 1. The average Bonchev–Trinajstić information content (AvgIpc) is 3.09. The second kappa shape index (κ2) is 7.53. The summed E-state index contributed by atoms with van der Waals surface area (Å²) in [7, 11) is 4.62. The molecule has 0 spiro atoms. The van der Waals surface area contributed by atoms with Crippen LogP contribution in [0.2, 0.25) is 0 Å². The van der Waals surface area contributed by atoms with Crippen molar-refractivity contribution in [2.24, 2.45) is 0 Å². The Balaban J connectivity index is 2.04. The van der Waals surface area contributed by atoms with E-state index in [-0.39, 0.29) is 11.8 Å². The number of carbonyl (C=O) groups excluding carboxylic acids is 1. The van der Waals surface area contributed by atoms with Gasteiger partial charge >= 0.3 is 0 Å². The third-order valence-electron chi connectivity index (χ3n) is 3.70. The number of oxazole rings is 1. The first-order valence-electron chi connectivity index (χ1n) is 7.66. The lowest BCUT2D eigenvalue weighted by molar-refractivity contribution is -0.113. The molecular weight excluding hydrogens is 360 g/mol. The summed E-state index contributed by atoms with van der Waals surface area (Å²) in [5.41, 5.74) is 2.44. The van der Waals surface area contributed by atoms with Gasteiger partial charge in [-0.05, 0) is 30.3 Å². The maximum atomic E-state index is 11.4. The molecule has 0 radical (unpaired) electrons. The largest absolute Gasteiger partial charge is 0.493 e. The summed E-state index contributed by atoms with van der Waals surface area (Å²) >= 11 is 5.51. The molecule has 0 aliphatic heterocycles. The van der Waals surface area contributed by atoms with Crippen molar-refractivity contribution in [1.29, 1.82) is 0 Å². The molecule has 0 fully saturated rings. The predicted octanol–water partition coefficient (Wildman–Crippen LogP) is 3.70. The molecule has 3 aromatic rings. The van der Waals surface area contributed by atoms with E-state index in [1.165, 1.54) is 7.11 Å². The zero-order chi connectivity index (χ0) is 18.7. The lowest BCUT2D eigenvalue weighted by atomic mass is 10.2. The third kappa shape index (κ3) is 3.39. The van der Waals surface area contributed by atoms with E-state index >= 15 is 0 Å². The Morgan fingerprint density at radius 3 is 2.38 bits per heavy atom. The fraction of sp³-hybridized carbons (Fsp3) is 0.222. The van der Waals surface area contributed by atoms with Gasteiger partial charge in [0.1, 0.15) is 11.4 Å². The number of benzene rings is 2. The topological polar surface area (TPSA) is 82.8 Å². The number of nitrogens with one attached hydrogen (secondary N) is 1. The first-order valence-corrected chi connectivity index (χ1v) is 8.19. The highest BCUT2D eigenvalue weighted by atomic mass is 35.5. The highest BCUT2D eigenvalue weighted by molar-refractivity contribution is 6.29. The first kappa shape index (κ1) is 17.9. The molecule has 26 heavy (non-hydrogen) atoms. The summed E-state index contributed by atoms with van der Waals surface area (Å²) in [5.74, 6) is 1.46. The number of nitrogens with zero attached hydrogens (tertiary/aromatic N) is 1. The van der Waals surface area contributed by atoms with Crippen molar-refractivity contribution in [1.82, 2.24) is 4.98 Å². The van der Waals surface area contributed by atoms with Crippen LogP contribution in [0.25, 0.3) is 22.6 Å². The third-order valence-corrected chi connectivity index (χ3v) is 3.95. The number of hydrogen-bond donors (Lipinski definition) is 1. The molecule has 0 atom stereocenters. The molecule has 0 aliphatic carbocycles. The minimum atomic E-state index is -0.292. The highest BCUT2D eigenvalue weighted by Gasteiger charge is 2.17. The lowest BCUT2D eigenvalue weighted by Gasteiger charge is -2.12. The molecule has 8 heteroatoms. The van der Waals surface area contributed by atoms with Gasteiger partial charge in [-0.15, -0.1) is 11.6 Å². The van der Waals surface area contributed by atoms with E-state index in [4.69, 9.17) is 30.2 Å². The van der Waals surface area contributed by atoms with Crippen LogP contribution in [-0.2, 0) is 4.79 Å². The number of hydrogen-bond acceptors (Lipinski definition) is 6. The van der Waals surface area contributed by atoms with Crippen molar-refractivity contribution in [3.63, 3.8) is 0 Å². The van der Waals surface area contributed by atoms with E-state index in [1.807, 2.05) is 0 Å². The Labute approximate surface area is 154 Å². The second-order valence-corrected chi connectivity index (χ2v) is 5.56. The zero-order valence-electron chi connectivity index (χ0n) is 14.5. The maximum Gasteiger partial charge on any atom is 0.239 e. The predicted molar refractivity (Wildman–Crippen MR) is 98.5 cm³/mol. The van der Waals surface area contributed by atoms with Gasteiger partial charge in [0.2, 0.25) is 17.5 Å². The standard InChI is InChI=1S/C18H17ClN2O5/c1-23-14-6-10(7-15(24-2)17(14)25-3)18-21-12-8-11(20-16(22)9-19)4-5-13(12)26-18/h4-8H,9H2,1-3H3,(H,20,22). The maximum absolute atomic E-state index is 11.4. The summed E-state index contributed by atoms with van der Waals surface area (Å²) in [4.78, 5) is 15.9. The molecular formula is C18H17ClN2O5. The number of anilines is 1. The van der Waals surface area contributed by atoms with Crippen molar-refractivity contribution < 1.29 is 23.4 Å². The Kier molecular flexibility index (Phi) is 5.18. The van der Waals surface area contributed by atoms with Crippen LogP contribution >= 0.6 is 11.6 Å². The van der Waals surface area contributed by atoms with Crippen LogP contribution in [0, 0.1) is 0 Å². The second-order valence-electron chi connectivity index (χ2n) is 5.30. The summed E-state index contributed by atoms with van der Waals surface area (Å²) in [5, 5.41) is 2.68. The molecule has 2 aromatic carbocycles. The van der Waals surface area contributed by atoms with Crippen LogP contribution in [0.5, 0.6) is 17.2 Å². The van der Waals surface area contributed by atoms with E-state index in [0.717, 1.165) is 0 Å². The van der Waals surface area contributed by atoms with Crippen LogP contribution in [0.15, 0.2) is 34.7 Å². The number of fused-ring (bicyclic) bond motifs is 1. The number of aromatic nitrogens is 1. The van der Waals surface area contributed by atoms with Gasteiger partial charge in [0, 0.05) is 11.3 Å². The van der Waals surface area contributed by atoms with Gasteiger partial charge in [-0.1, -0.05) is 0 Å². The fourth-order valence-electron chi connectivity index (χ4n) is 2.53. The molecule has 136 valence electrons. The fourth-order valence-corrected chi connectivity index (χ4v) is 2.59. The summed E-state index contributed by atoms with van der Waals surface area (Å²) in [6.45, 7) is 0. The van der Waals surface area contributed by atoms with E-state index in [1.54, 1.807) is 44.6 Å². The SMILES string of the molecule is COc1cc(-c2nc3cc(NC(=O)CCl)ccc3o2)cc(OC)c1OC. The van der Waals surface area contributed by atoms with E-state index in [9.17, 15) is 4.79 Å². The Morgan fingerprint density at radius 1 is 1.12 bits per heavy atom. The molecule has 0 saturated carbocycles. The molecule has 3 rings (SSSR count). The lowest BCUT2D eigenvalue weighted by Crippen LogP contribution is -2.12. The van der Waals surface area contributed by atoms with Crippen molar-refractivity contribution in [3.8, 4) is 28.7 Å². The van der Waals surface area contributed by atoms with E-state index < -0.39 is 0 Å². The molecule has 0 aliphatic rings. The monoisotopic (exact) mass is 376 g/mol. The van der Waals surface area contributed by atoms with Gasteiger partial charge in [0.05, 0.1) is 21.3 Å². The highest BCUT2D eigenvalue weighted by Crippen LogP contribution is 2.41. The number of methoxy groups -OCH3 is 3. The van der Waals surface area contributed by atoms with Crippen molar-refractivity contribution >= 4 is 34.3 Å². The Hall–Kier alpha value is -2.93. The minimum absolute atomic E-state index is 0.118. The molecule has 0 saturated heterocycles. The molecule has 7 nitrogen and oxygen atoms in total. The number of rotatable bonds is 6. The normalized spacial score (nSPS) is 10.6. The average molecular weight is 377 g/mol. The summed E-state index contributed by atoms with van der Waals surface area (Å²) in [6.07, 6.45) is 0. The van der Waals surface area contributed by atoms with E-state index in [0.29, 0.717) is 45.5 Å². The van der Waals surface area contributed by atoms with Gasteiger partial charge in [0.25, 0.3) is 0 Å². The van der Waals surface area contributed by atoms with E-state index in [2.05, 4.69) is 10.3 Å². The quantitative estimate of drug-likeness (QED) is 0.660. The Bertz CT molecular complexity index is 929. The molecule has 0 unspecified atom stereocenters. The molecule has 1 amide bonds. The van der Waals surface area contributed by atoms with Crippen LogP contribution in [0.1, 0.15) is 0 Å². The van der Waals surface area contributed by atoms with Gasteiger partial charge in [-0.2, -0.15) is 0 Å². The Morgan fingerprint density at radius 2 is 1.81 bits per heavy atom. The van der Waals surface area contributed by atoms with Gasteiger partial charge in [-0.3, -0.25) is 4.79 Å². The number of alkyl halides is 1. The zero-order valence-corrected chi connectivity index (χ0v) is 15.2. The summed E-state index contributed by atoms with van der Waals surface area (Å²) < 4.78 is 21.8. The van der Waals surface area contributed by atoms with Crippen LogP contribution in [0.3, 0.4) is 0 Å². The minimum Gasteiger partial charge on any atom is -0.493 e. The van der Waals surface area contributed by atoms with Crippen molar-refractivity contribution in [2.45, 2.75) is 0 Å². The van der Waals surface area contributed by atoms with Crippen LogP contribution < -0.4 is 19.5 Å². The number of carbonyl (C=O) groups is 1. The molecule has 1 N–H and O–H groups in total. The molecule has 1 heterocycles. The van der Waals surface area contributed by atoms with Crippen LogP contribution in [0.4, 0.5) is 5.69 Å². The van der Waals surface area contributed by atoms with Gasteiger partial charge in [0.15, 0.2) is 17.1 Å².